The van der Waals surface area contributed by atoms with Gasteiger partial charge in [-0.25, -0.2) is 0 Å². The molecule has 0 aliphatic rings. The molecule has 1 aromatic carbocycles. The van der Waals surface area contributed by atoms with E-state index in [0.717, 1.165) is 12.3 Å². The van der Waals surface area contributed by atoms with Crippen LogP contribution in [0.25, 0.3) is 0 Å². The topological polar surface area (TPSA) is 32.3 Å². The third kappa shape index (κ3) is 4.79. The first-order valence-electron chi connectivity index (χ1n) is 7.13. The maximum Gasteiger partial charge on any atom is 0.0626 e. The molecule has 0 fully saturated rings. The van der Waals surface area contributed by atoms with Gasteiger partial charge in [-0.3, -0.25) is 0 Å². The van der Waals surface area contributed by atoms with Crippen LogP contribution < -0.4 is 5.32 Å². The van der Waals surface area contributed by atoms with E-state index in [1.54, 1.807) is 0 Å². The third-order valence-electron chi connectivity index (χ3n) is 3.70. The van der Waals surface area contributed by atoms with Gasteiger partial charge in [-0.2, -0.15) is 0 Å². The van der Waals surface area contributed by atoms with Gasteiger partial charge in [0, 0.05) is 6.04 Å². The molecule has 2 N–H and O–H groups in total. The van der Waals surface area contributed by atoms with E-state index in [1.807, 2.05) is 18.2 Å². The van der Waals surface area contributed by atoms with Crippen molar-refractivity contribution < 1.29 is 5.11 Å². The lowest BCUT2D eigenvalue weighted by Crippen LogP contribution is -2.35. The summed E-state index contributed by atoms with van der Waals surface area (Å²) >= 11 is 0. The Kier molecular flexibility index (Phi) is 6.99. The van der Waals surface area contributed by atoms with Crippen molar-refractivity contribution >= 4 is 0 Å². The minimum absolute atomic E-state index is 0.0557. The molecule has 0 radical (unpaired) electrons. The fourth-order valence-electron chi connectivity index (χ4n) is 2.23. The number of rotatable bonds is 8. The van der Waals surface area contributed by atoms with Crippen molar-refractivity contribution in [2.75, 3.05) is 6.61 Å². The van der Waals surface area contributed by atoms with Gasteiger partial charge >= 0.3 is 0 Å². The molecule has 0 saturated heterocycles. The molecular weight excluding hydrogens is 222 g/mol. The Labute approximate surface area is 111 Å². The second-order valence-electron chi connectivity index (χ2n) is 5.17. The summed E-state index contributed by atoms with van der Waals surface area (Å²) in [6.45, 7) is 6.89. The van der Waals surface area contributed by atoms with Gasteiger partial charge in [0.25, 0.3) is 0 Å². The zero-order valence-corrected chi connectivity index (χ0v) is 11.9. The molecule has 3 atom stereocenters. The molecule has 1 aromatic rings. The van der Waals surface area contributed by atoms with Crippen molar-refractivity contribution in [3.05, 3.63) is 35.9 Å². The molecule has 18 heavy (non-hydrogen) atoms. The van der Waals surface area contributed by atoms with Crippen molar-refractivity contribution in [2.45, 2.75) is 52.1 Å². The number of nitrogens with one attached hydrogen (secondary N) is 1. The van der Waals surface area contributed by atoms with Crippen LogP contribution >= 0.6 is 0 Å². The molecule has 2 unspecified atom stereocenters. The molecule has 0 spiro atoms. The van der Waals surface area contributed by atoms with Gasteiger partial charge in [0.15, 0.2) is 0 Å². The van der Waals surface area contributed by atoms with Crippen LogP contribution in [-0.4, -0.2) is 17.8 Å². The van der Waals surface area contributed by atoms with E-state index in [4.69, 9.17) is 0 Å². The fourth-order valence-corrected chi connectivity index (χ4v) is 2.23. The summed E-state index contributed by atoms with van der Waals surface area (Å²) in [5.41, 5.74) is 1.17. The maximum absolute atomic E-state index is 9.55. The van der Waals surface area contributed by atoms with Crippen molar-refractivity contribution in [1.29, 1.82) is 0 Å². The Morgan fingerprint density at radius 2 is 1.78 bits per heavy atom. The molecule has 0 aliphatic carbocycles. The fraction of sp³-hybridized carbons (Fsp3) is 0.625. The quantitative estimate of drug-likeness (QED) is 0.739. The molecule has 0 heterocycles. The molecular formula is C16H27NO. The largest absolute Gasteiger partial charge is 0.394 e. The Morgan fingerprint density at radius 1 is 1.11 bits per heavy atom. The highest BCUT2D eigenvalue weighted by molar-refractivity contribution is 5.19. The van der Waals surface area contributed by atoms with E-state index in [2.05, 4.69) is 38.2 Å². The maximum atomic E-state index is 9.55. The van der Waals surface area contributed by atoms with Gasteiger partial charge in [-0.15, -0.1) is 0 Å². The second-order valence-corrected chi connectivity index (χ2v) is 5.17. The van der Waals surface area contributed by atoms with E-state index >= 15 is 0 Å². The number of aliphatic hydroxyl groups is 1. The molecule has 1 rings (SSSR count). The van der Waals surface area contributed by atoms with Crippen LogP contribution in [0.15, 0.2) is 30.3 Å². The van der Waals surface area contributed by atoms with Gasteiger partial charge in [0.1, 0.15) is 0 Å². The lowest BCUT2D eigenvalue weighted by Gasteiger charge is -2.26. The van der Waals surface area contributed by atoms with Crippen LogP contribution in [0.5, 0.6) is 0 Å². The predicted molar refractivity (Wildman–Crippen MR) is 77.6 cm³/mol. The second kappa shape index (κ2) is 8.28. The van der Waals surface area contributed by atoms with E-state index in [0.29, 0.717) is 6.04 Å². The van der Waals surface area contributed by atoms with Crippen LogP contribution in [0, 0.1) is 5.92 Å². The highest BCUT2D eigenvalue weighted by Gasteiger charge is 2.16. The van der Waals surface area contributed by atoms with E-state index in [9.17, 15) is 5.11 Å². The van der Waals surface area contributed by atoms with Crippen molar-refractivity contribution in [3.8, 4) is 0 Å². The molecule has 0 amide bonds. The van der Waals surface area contributed by atoms with Crippen LogP contribution in [0.4, 0.5) is 0 Å². The highest BCUT2D eigenvalue weighted by Crippen LogP contribution is 2.17. The van der Waals surface area contributed by atoms with Crippen LogP contribution in [0.2, 0.25) is 0 Å². The summed E-state index contributed by atoms with van der Waals surface area (Å²) < 4.78 is 0. The Morgan fingerprint density at radius 3 is 2.28 bits per heavy atom. The first-order valence-corrected chi connectivity index (χ1v) is 7.13. The van der Waals surface area contributed by atoms with Crippen molar-refractivity contribution in [2.24, 2.45) is 5.92 Å². The minimum atomic E-state index is 0.0557. The highest BCUT2D eigenvalue weighted by atomic mass is 16.3. The predicted octanol–water partition coefficient (Wildman–Crippen LogP) is 3.52. The van der Waals surface area contributed by atoms with E-state index < -0.39 is 0 Å². The smallest absolute Gasteiger partial charge is 0.0626 e. The first kappa shape index (κ1) is 15.2. The Hall–Kier alpha value is -0.860. The minimum Gasteiger partial charge on any atom is -0.394 e. The van der Waals surface area contributed by atoms with Crippen molar-refractivity contribution in [3.63, 3.8) is 0 Å². The lowest BCUT2D eigenvalue weighted by molar-refractivity contribution is 0.223. The number of benzene rings is 1. The zero-order chi connectivity index (χ0) is 13.4. The van der Waals surface area contributed by atoms with E-state index in [1.165, 1.54) is 18.4 Å². The molecule has 0 aliphatic heterocycles. The van der Waals surface area contributed by atoms with Crippen LogP contribution in [0.3, 0.4) is 0 Å². The average Bonchev–Trinajstić information content (AvgIpc) is 2.43. The Bertz CT molecular complexity index is 312. The summed E-state index contributed by atoms with van der Waals surface area (Å²) in [5, 5.41) is 13.1. The number of hydrogen-bond donors (Lipinski definition) is 2. The molecule has 2 heteroatoms. The monoisotopic (exact) mass is 249 g/mol. The summed E-state index contributed by atoms with van der Waals surface area (Å²) in [7, 11) is 0. The van der Waals surface area contributed by atoms with Gasteiger partial charge in [0.2, 0.25) is 0 Å². The Balaban J connectivity index is 2.61. The molecule has 0 saturated carbocycles. The van der Waals surface area contributed by atoms with Crippen LogP contribution in [0.1, 0.15) is 51.6 Å². The van der Waals surface area contributed by atoms with Gasteiger partial charge in [-0.1, -0.05) is 57.5 Å². The number of hydrogen-bond acceptors (Lipinski definition) is 2. The van der Waals surface area contributed by atoms with Gasteiger partial charge in [0.05, 0.1) is 12.6 Å². The summed E-state index contributed by atoms with van der Waals surface area (Å²) in [6, 6.07) is 10.7. The third-order valence-corrected chi connectivity index (χ3v) is 3.70. The normalized spacial score (nSPS) is 16.2. The summed E-state index contributed by atoms with van der Waals surface area (Å²) in [6.07, 6.45) is 3.50. The summed E-state index contributed by atoms with van der Waals surface area (Å²) in [4.78, 5) is 0. The van der Waals surface area contributed by atoms with E-state index in [-0.39, 0.29) is 12.6 Å². The molecule has 0 bridgehead atoms. The molecule has 102 valence electrons. The van der Waals surface area contributed by atoms with Gasteiger partial charge < -0.3 is 10.4 Å². The van der Waals surface area contributed by atoms with Gasteiger partial charge in [-0.05, 0) is 24.3 Å². The standard InChI is InChI=1S/C16H27NO/c1-4-13(3)11-15(5-2)17-16(12-18)14-9-7-6-8-10-14/h6-10,13,15-18H,4-5,11-12H2,1-3H3/t13?,15?,16-/m0/s1. The first-order chi connectivity index (χ1) is 8.71. The lowest BCUT2D eigenvalue weighted by atomic mass is 9.96. The van der Waals surface area contributed by atoms with Crippen molar-refractivity contribution in [1.82, 2.24) is 5.32 Å². The number of aliphatic hydroxyl groups excluding tert-OH is 1. The summed E-state index contributed by atoms with van der Waals surface area (Å²) in [5.74, 6) is 0.734. The molecule has 0 aromatic heterocycles. The molecule has 2 nitrogen and oxygen atoms in total. The van der Waals surface area contributed by atoms with Crippen LogP contribution in [-0.2, 0) is 0 Å². The zero-order valence-electron chi connectivity index (χ0n) is 11.9. The average molecular weight is 249 g/mol. The SMILES string of the molecule is CCC(C)CC(CC)N[C@@H](CO)c1ccccc1.